The molecule has 0 saturated carbocycles. The first-order valence-electron chi connectivity index (χ1n) is 15.5. The fourth-order valence-electron chi connectivity index (χ4n) is 5.32. The van der Waals surface area contributed by atoms with E-state index in [4.69, 9.17) is 0 Å². The second-order valence-corrected chi connectivity index (χ2v) is 14.9. The Bertz CT molecular complexity index is 1780. The summed E-state index contributed by atoms with van der Waals surface area (Å²) >= 11 is 0. The van der Waals surface area contributed by atoms with Crippen LogP contribution in [0.15, 0.2) is 102 Å². The van der Waals surface area contributed by atoms with E-state index in [0.717, 1.165) is 27.8 Å². The molecule has 4 aromatic rings. The van der Waals surface area contributed by atoms with Crippen molar-refractivity contribution in [3.8, 4) is 0 Å². The Balaban J connectivity index is 1.86. The van der Waals surface area contributed by atoms with Crippen LogP contribution in [0.2, 0.25) is 0 Å². The zero-order chi connectivity index (χ0) is 33.6. The summed E-state index contributed by atoms with van der Waals surface area (Å²) in [5.74, 6) is -0.789. The van der Waals surface area contributed by atoms with Gasteiger partial charge in [0.2, 0.25) is 11.8 Å². The molecule has 0 aliphatic rings. The Labute approximate surface area is 274 Å². The van der Waals surface area contributed by atoms with Crippen LogP contribution in [-0.2, 0) is 32.6 Å². The molecule has 1 N–H and O–H groups in total. The molecule has 0 spiro atoms. The van der Waals surface area contributed by atoms with Gasteiger partial charge in [-0.2, -0.15) is 0 Å². The molecular weight excluding hydrogens is 595 g/mol. The zero-order valence-corrected chi connectivity index (χ0v) is 28.7. The van der Waals surface area contributed by atoms with E-state index in [9.17, 15) is 18.0 Å². The van der Waals surface area contributed by atoms with Crippen LogP contribution in [0.4, 0.5) is 5.69 Å². The van der Waals surface area contributed by atoms with Crippen LogP contribution in [0.25, 0.3) is 0 Å². The minimum Gasteiger partial charge on any atom is -0.350 e. The van der Waals surface area contributed by atoms with E-state index in [1.165, 1.54) is 4.31 Å². The number of carbonyl (C=O) groups excluding carboxylic acids is 2. The predicted molar refractivity (Wildman–Crippen MR) is 185 cm³/mol. The molecule has 0 aliphatic heterocycles. The maximum atomic E-state index is 14.7. The van der Waals surface area contributed by atoms with Gasteiger partial charge in [0.05, 0.1) is 10.6 Å². The number of aryl methyl sites for hydroxylation is 4. The van der Waals surface area contributed by atoms with E-state index in [2.05, 4.69) is 5.32 Å². The van der Waals surface area contributed by atoms with Gasteiger partial charge in [-0.25, -0.2) is 8.42 Å². The number of hydrogen-bond donors (Lipinski definition) is 1. The van der Waals surface area contributed by atoms with Crippen molar-refractivity contribution in [3.05, 3.63) is 130 Å². The molecule has 0 aromatic heterocycles. The highest BCUT2D eigenvalue weighted by molar-refractivity contribution is 7.92. The number of amides is 2. The summed E-state index contributed by atoms with van der Waals surface area (Å²) in [6.45, 7) is 12.9. The van der Waals surface area contributed by atoms with Crippen LogP contribution in [-0.4, -0.2) is 43.3 Å². The highest BCUT2D eigenvalue weighted by Gasteiger charge is 2.36. The molecule has 0 heterocycles. The summed E-state index contributed by atoms with van der Waals surface area (Å²) < 4.78 is 29.9. The van der Waals surface area contributed by atoms with Gasteiger partial charge in [0.1, 0.15) is 12.6 Å². The molecule has 8 heteroatoms. The molecule has 0 radical (unpaired) electrons. The van der Waals surface area contributed by atoms with Crippen molar-refractivity contribution < 1.29 is 18.0 Å². The Morgan fingerprint density at radius 1 is 0.761 bits per heavy atom. The lowest BCUT2D eigenvalue weighted by Crippen LogP contribution is -2.56. The molecule has 0 bridgehead atoms. The van der Waals surface area contributed by atoms with E-state index < -0.39 is 34.1 Å². The largest absolute Gasteiger partial charge is 0.350 e. The molecular formula is C38H45N3O4S. The van der Waals surface area contributed by atoms with Crippen LogP contribution < -0.4 is 9.62 Å². The first-order chi connectivity index (χ1) is 21.7. The maximum absolute atomic E-state index is 14.7. The van der Waals surface area contributed by atoms with E-state index in [1.54, 1.807) is 35.2 Å². The molecule has 2 amide bonds. The Hall–Kier alpha value is -4.43. The van der Waals surface area contributed by atoms with Crippen LogP contribution >= 0.6 is 0 Å². The monoisotopic (exact) mass is 639 g/mol. The molecule has 0 fully saturated rings. The second kappa shape index (κ2) is 14.3. The summed E-state index contributed by atoms with van der Waals surface area (Å²) in [6.07, 6.45) is 0.258. The van der Waals surface area contributed by atoms with Gasteiger partial charge in [-0.1, -0.05) is 84.4 Å². The first-order valence-corrected chi connectivity index (χ1v) is 17.0. The smallest absolute Gasteiger partial charge is 0.264 e. The van der Waals surface area contributed by atoms with Crippen molar-refractivity contribution in [1.29, 1.82) is 0 Å². The van der Waals surface area contributed by atoms with Gasteiger partial charge < -0.3 is 10.2 Å². The first kappa shape index (κ1) is 34.4. The third-order valence-electron chi connectivity index (χ3n) is 7.89. The van der Waals surface area contributed by atoms with E-state index in [-0.39, 0.29) is 23.8 Å². The van der Waals surface area contributed by atoms with Gasteiger partial charge >= 0.3 is 0 Å². The predicted octanol–water partition coefficient (Wildman–Crippen LogP) is 6.67. The lowest BCUT2D eigenvalue weighted by Gasteiger charge is -2.36. The van der Waals surface area contributed by atoms with Crippen molar-refractivity contribution in [2.75, 3.05) is 10.8 Å². The number of rotatable bonds is 11. The third kappa shape index (κ3) is 8.63. The zero-order valence-electron chi connectivity index (χ0n) is 27.9. The van der Waals surface area contributed by atoms with E-state index in [1.807, 2.05) is 115 Å². The molecule has 242 valence electrons. The number of nitrogens with zero attached hydrogens (tertiary/aromatic N) is 2. The maximum Gasteiger partial charge on any atom is 0.264 e. The second-order valence-electron chi connectivity index (χ2n) is 13.0. The summed E-state index contributed by atoms with van der Waals surface area (Å²) in [4.78, 5) is 30.4. The van der Waals surface area contributed by atoms with E-state index in [0.29, 0.717) is 11.3 Å². The van der Waals surface area contributed by atoms with Crippen LogP contribution in [0.3, 0.4) is 0 Å². The fourth-order valence-corrected chi connectivity index (χ4v) is 6.79. The minimum atomic E-state index is -4.17. The van der Waals surface area contributed by atoms with Crippen molar-refractivity contribution in [3.63, 3.8) is 0 Å². The summed E-state index contributed by atoms with van der Waals surface area (Å²) in [7, 11) is -4.17. The quantitative estimate of drug-likeness (QED) is 0.199. The molecule has 4 rings (SSSR count). The summed E-state index contributed by atoms with van der Waals surface area (Å²) in [5.41, 5.74) is 5.09. The van der Waals surface area contributed by atoms with E-state index >= 15 is 0 Å². The summed E-state index contributed by atoms with van der Waals surface area (Å²) in [6, 6.07) is 28.5. The van der Waals surface area contributed by atoms with Crippen molar-refractivity contribution in [2.24, 2.45) is 0 Å². The SMILES string of the molecule is Cc1ccc(S(=O)(=O)N(CC(=O)N(Cc2ccccc2C)[C@@H](Cc2ccccc2)C(=O)NC(C)(C)C)c2cc(C)ccc2C)cc1. The topological polar surface area (TPSA) is 86.8 Å². The van der Waals surface area contributed by atoms with Crippen molar-refractivity contribution >= 4 is 27.5 Å². The minimum absolute atomic E-state index is 0.0866. The normalized spacial score (nSPS) is 12.3. The van der Waals surface area contributed by atoms with Crippen LogP contribution in [0, 0.1) is 27.7 Å². The van der Waals surface area contributed by atoms with Crippen molar-refractivity contribution in [1.82, 2.24) is 10.2 Å². The van der Waals surface area contributed by atoms with Crippen molar-refractivity contribution in [2.45, 2.75) is 77.9 Å². The Morgan fingerprint density at radius 3 is 2.00 bits per heavy atom. The summed E-state index contributed by atoms with van der Waals surface area (Å²) in [5, 5.41) is 3.07. The number of anilines is 1. The fraction of sp³-hybridized carbons (Fsp3) is 0.316. The molecule has 7 nitrogen and oxygen atoms in total. The molecule has 4 aromatic carbocycles. The highest BCUT2D eigenvalue weighted by Crippen LogP contribution is 2.29. The number of nitrogens with one attached hydrogen (secondary N) is 1. The van der Waals surface area contributed by atoms with Crippen LogP contribution in [0.5, 0.6) is 0 Å². The van der Waals surface area contributed by atoms with Gasteiger partial charge in [0.15, 0.2) is 0 Å². The number of carbonyl (C=O) groups is 2. The Morgan fingerprint density at radius 2 is 1.37 bits per heavy atom. The number of hydrogen-bond acceptors (Lipinski definition) is 4. The third-order valence-corrected chi connectivity index (χ3v) is 9.67. The number of sulfonamides is 1. The van der Waals surface area contributed by atoms with Crippen LogP contribution in [0.1, 0.15) is 54.2 Å². The number of benzene rings is 4. The van der Waals surface area contributed by atoms with Gasteiger partial charge in [-0.3, -0.25) is 13.9 Å². The molecule has 0 saturated heterocycles. The average molecular weight is 640 g/mol. The molecule has 0 aliphatic carbocycles. The average Bonchev–Trinajstić information content (AvgIpc) is 2.99. The molecule has 1 atom stereocenters. The standard InChI is InChI=1S/C38H45N3O4S/c1-27-18-21-33(22-19-27)46(44,45)41(34-23-28(2)17-20-30(34)4)26-36(42)40(25-32-16-12-11-13-29(32)3)35(37(43)39-38(5,6)7)24-31-14-9-8-10-15-31/h8-23,35H,24-26H2,1-7H3,(H,39,43)/t35-/m0/s1. The molecule has 46 heavy (non-hydrogen) atoms. The van der Waals surface area contributed by atoms with Gasteiger partial charge in [-0.15, -0.1) is 0 Å². The highest BCUT2D eigenvalue weighted by atomic mass is 32.2. The van der Waals surface area contributed by atoms with Gasteiger partial charge in [-0.05, 0) is 94.5 Å². The Kier molecular flexibility index (Phi) is 10.7. The lowest BCUT2D eigenvalue weighted by atomic mass is 10.00. The van der Waals surface area contributed by atoms with Gasteiger partial charge in [0, 0.05) is 18.5 Å². The lowest BCUT2D eigenvalue weighted by molar-refractivity contribution is -0.140. The molecule has 0 unspecified atom stereocenters. The van der Waals surface area contributed by atoms with Gasteiger partial charge in [0.25, 0.3) is 10.0 Å².